The van der Waals surface area contributed by atoms with Crippen LogP contribution in [0.5, 0.6) is 0 Å². The number of amides is 2. The largest absolute Gasteiger partial charge is 0.325 e. The Labute approximate surface area is 146 Å². The molecular formula is C18H20ClN3O2. The molecule has 6 heteroatoms. The first-order valence-corrected chi connectivity index (χ1v) is 7.91. The molecule has 0 heterocycles. The van der Waals surface area contributed by atoms with Crippen LogP contribution in [0.2, 0.25) is 5.02 Å². The minimum atomic E-state index is -0.198. The number of carbonyl (C=O) groups is 2. The van der Waals surface area contributed by atoms with Crippen LogP contribution >= 0.6 is 11.6 Å². The summed E-state index contributed by atoms with van der Waals surface area (Å²) in [5, 5.41) is 5.80. The van der Waals surface area contributed by atoms with Crippen LogP contribution in [0, 0.1) is 0 Å². The molecule has 0 aromatic heterocycles. The summed E-state index contributed by atoms with van der Waals surface area (Å²) in [6.07, 6.45) is 0. The lowest BCUT2D eigenvalue weighted by Gasteiger charge is -2.16. The van der Waals surface area contributed by atoms with Crippen LogP contribution in [0.25, 0.3) is 0 Å². The van der Waals surface area contributed by atoms with Crippen molar-refractivity contribution >= 4 is 34.8 Å². The van der Waals surface area contributed by atoms with Gasteiger partial charge in [-0.25, -0.2) is 0 Å². The van der Waals surface area contributed by atoms with E-state index in [1.54, 1.807) is 18.2 Å². The van der Waals surface area contributed by atoms with Crippen LogP contribution in [0.3, 0.4) is 0 Å². The summed E-state index contributed by atoms with van der Waals surface area (Å²) in [6, 6.07) is 14.9. The highest BCUT2D eigenvalue weighted by Crippen LogP contribution is 2.25. The van der Waals surface area contributed by atoms with Gasteiger partial charge in [-0.1, -0.05) is 41.9 Å². The Hall–Kier alpha value is -2.37. The molecule has 24 heavy (non-hydrogen) atoms. The normalized spacial score (nSPS) is 10.5. The third kappa shape index (κ3) is 5.68. The Morgan fingerprint density at radius 3 is 2.42 bits per heavy atom. The molecule has 0 atom stereocenters. The fourth-order valence-electron chi connectivity index (χ4n) is 2.28. The highest BCUT2D eigenvalue weighted by atomic mass is 35.5. The van der Waals surface area contributed by atoms with Crippen LogP contribution in [-0.4, -0.2) is 30.3 Å². The summed E-state index contributed by atoms with van der Waals surface area (Å²) in [5.74, 6) is -0.326. The molecule has 0 fully saturated rings. The van der Waals surface area contributed by atoms with Gasteiger partial charge in [0, 0.05) is 19.2 Å². The summed E-state index contributed by atoms with van der Waals surface area (Å²) in [6.45, 7) is 2.37. The van der Waals surface area contributed by atoms with Gasteiger partial charge >= 0.3 is 0 Å². The van der Waals surface area contributed by atoms with Crippen molar-refractivity contribution < 1.29 is 9.59 Å². The maximum Gasteiger partial charge on any atom is 0.238 e. The van der Waals surface area contributed by atoms with Crippen molar-refractivity contribution in [2.45, 2.75) is 13.5 Å². The van der Waals surface area contributed by atoms with E-state index in [-0.39, 0.29) is 18.4 Å². The molecule has 0 aliphatic rings. The van der Waals surface area contributed by atoms with Crippen molar-refractivity contribution in [2.24, 2.45) is 0 Å². The average Bonchev–Trinajstić information content (AvgIpc) is 2.50. The van der Waals surface area contributed by atoms with Crippen molar-refractivity contribution in [3.05, 3.63) is 59.1 Å². The standard InChI is InChI=1S/C18H20ClN3O2/c1-13(23)20-17-9-8-15(10-16(17)19)21-18(24)12-22(2)11-14-6-4-3-5-7-14/h3-10H,11-12H2,1-2H3,(H,20,23)(H,21,24). The van der Waals surface area contributed by atoms with E-state index in [4.69, 9.17) is 11.6 Å². The minimum absolute atomic E-state index is 0.128. The van der Waals surface area contributed by atoms with Crippen LogP contribution in [-0.2, 0) is 16.1 Å². The van der Waals surface area contributed by atoms with Crippen molar-refractivity contribution in [1.82, 2.24) is 4.90 Å². The second-order valence-electron chi connectivity index (χ2n) is 5.58. The van der Waals surface area contributed by atoms with Crippen molar-refractivity contribution in [2.75, 3.05) is 24.2 Å². The lowest BCUT2D eigenvalue weighted by Crippen LogP contribution is -2.29. The summed E-state index contributed by atoms with van der Waals surface area (Å²) in [4.78, 5) is 25.1. The molecule has 0 aliphatic heterocycles. The fourth-order valence-corrected chi connectivity index (χ4v) is 2.51. The van der Waals surface area contributed by atoms with E-state index < -0.39 is 0 Å². The number of carbonyl (C=O) groups excluding carboxylic acids is 2. The van der Waals surface area contributed by atoms with E-state index in [0.29, 0.717) is 22.9 Å². The molecule has 2 aromatic carbocycles. The highest BCUT2D eigenvalue weighted by Gasteiger charge is 2.09. The fraction of sp³-hybridized carbons (Fsp3) is 0.222. The van der Waals surface area contributed by atoms with E-state index in [0.717, 1.165) is 5.56 Å². The molecule has 5 nitrogen and oxygen atoms in total. The van der Waals surface area contributed by atoms with Crippen molar-refractivity contribution in [3.63, 3.8) is 0 Å². The molecule has 0 saturated heterocycles. The second-order valence-corrected chi connectivity index (χ2v) is 5.99. The summed E-state index contributed by atoms with van der Waals surface area (Å²) in [5.41, 5.74) is 2.26. The SMILES string of the molecule is CC(=O)Nc1ccc(NC(=O)CN(C)Cc2ccccc2)cc1Cl. The Balaban J connectivity index is 1.90. The lowest BCUT2D eigenvalue weighted by molar-refractivity contribution is -0.117. The Bertz CT molecular complexity index is 719. The lowest BCUT2D eigenvalue weighted by atomic mass is 10.2. The van der Waals surface area contributed by atoms with Gasteiger partial charge in [0.2, 0.25) is 11.8 Å². The predicted octanol–water partition coefficient (Wildman–Crippen LogP) is 3.37. The molecule has 0 aliphatic carbocycles. The zero-order chi connectivity index (χ0) is 17.5. The molecule has 2 N–H and O–H groups in total. The topological polar surface area (TPSA) is 61.4 Å². The van der Waals surface area contributed by atoms with Gasteiger partial charge in [-0.3, -0.25) is 14.5 Å². The Morgan fingerprint density at radius 2 is 1.79 bits per heavy atom. The molecule has 2 rings (SSSR count). The molecule has 2 aromatic rings. The van der Waals surface area contributed by atoms with Crippen molar-refractivity contribution in [1.29, 1.82) is 0 Å². The van der Waals surface area contributed by atoms with Gasteiger partial charge in [0.05, 0.1) is 17.3 Å². The minimum Gasteiger partial charge on any atom is -0.325 e. The number of benzene rings is 2. The van der Waals surface area contributed by atoms with E-state index in [1.165, 1.54) is 6.92 Å². The Kier molecular flexibility index (Phi) is 6.35. The molecule has 0 bridgehead atoms. The number of hydrogen-bond acceptors (Lipinski definition) is 3. The third-order valence-corrected chi connectivity index (χ3v) is 3.59. The van der Waals surface area contributed by atoms with E-state index in [9.17, 15) is 9.59 Å². The van der Waals surface area contributed by atoms with Gasteiger partial charge in [-0.15, -0.1) is 0 Å². The number of anilines is 2. The third-order valence-electron chi connectivity index (χ3n) is 3.27. The molecule has 0 radical (unpaired) electrons. The quantitative estimate of drug-likeness (QED) is 0.843. The van der Waals surface area contributed by atoms with Crippen LogP contribution in [0.4, 0.5) is 11.4 Å². The monoisotopic (exact) mass is 345 g/mol. The first-order chi connectivity index (χ1) is 11.4. The van der Waals surface area contributed by atoms with Crippen LogP contribution in [0.1, 0.15) is 12.5 Å². The first kappa shape index (κ1) is 18.0. The molecule has 0 saturated carbocycles. The van der Waals surface area contributed by atoms with E-state index >= 15 is 0 Å². The number of nitrogens with one attached hydrogen (secondary N) is 2. The van der Waals surface area contributed by atoms with Gasteiger partial charge in [0.25, 0.3) is 0 Å². The number of nitrogens with zero attached hydrogens (tertiary/aromatic N) is 1. The molecule has 0 spiro atoms. The zero-order valence-corrected chi connectivity index (χ0v) is 14.4. The molecule has 0 unspecified atom stereocenters. The maximum absolute atomic E-state index is 12.1. The van der Waals surface area contributed by atoms with Gasteiger partial charge < -0.3 is 10.6 Å². The van der Waals surface area contributed by atoms with E-state index in [1.807, 2.05) is 42.3 Å². The molecule has 126 valence electrons. The van der Waals surface area contributed by atoms with Gasteiger partial charge in [-0.05, 0) is 30.8 Å². The van der Waals surface area contributed by atoms with E-state index in [2.05, 4.69) is 10.6 Å². The smallest absolute Gasteiger partial charge is 0.238 e. The first-order valence-electron chi connectivity index (χ1n) is 7.53. The number of hydrogen-bond donors (Lipinski definition) is 2. The summed E-state index contributed by atoms with van der Waals surface area (Å²) < 4.78 is 0. The highest BCUT2D eigenvalue weighted by molar-refractivity contribution is 6.34. The number of rotatable bonds is 6. The average molecular weight is 346 g/mol. The van der Waals surface area contributed by atoms with Gasteiger partial charge in [-0.2, -0.15) is 0 Å². The number of halogens is 1. The Morgan fingerprint density at radius 1 is 1.08 bits per heavy atom. The number of likely N-dealkylation sites (N-methyl/N-ethyl adjacent to an activating group) is 1. The summed E-state index contributed by atoms with van der Waals surface area (Å²) >= 11 is 6.09. The second kappa shape index (κ2) is 8.47. The van der Waals surface area contributed by atoms with Crippen molar-refractivity contribution in [3.8, 4) is 0 Å². The van der Waals surface area contributed by atoms with Gasteiger partial charge in [0.1, 0.15) is 0 Å². The predicted molar refractivity (Wildman–Crippen MR) is 97.2 cm³/mol. The molecular weight excluding hydrogens is 326 g/mol. The molecule has 2 amide bonds. The zero-order valence-electron chi connectivity index (χ0n) is 13.7. The maximum atomic E-state index is 12.1. The summed E-state index contributed by atoms with van der Waals surface area (Å²) in [7, 11) is 1.89. The van der Waals surface area contributed by atoms with Gasteiger partial charge in [0.15, 0.2) is 0 Å². The van der Waals surface area contributed by atoms with Crippen LogP contribution in [0.15, 0.2) is 48.5 Å². The van der Waals surface area contributed by atoms with Crippen LogP contribution < -0.4 is 10.6 Å².